The number of hydrogen-bond donors (Lipinski definition) is 3. The maximum Gasteiger partial charge on any atom is 0.258 e. The third kappa shape index (κ3) is 6.15. The van der Waals surface area contributed by atoms with E-state index in [1.807, 2.05) is 6.07 Å². The van der Waals surface area contributed by atoms with Crippen LogP contribution in [0.5, 0.6) is 0 Å². The van der Waals surface area contributed by atoms with Gasteiger partial charge in [-0.25, -0.2) is 17.2 Å². The van der Waals surface area contributed by atoms with Gasteiger partial charge in [0.2, 0.25) is 15.9 Å². The van der Waals surface area contributed by atoms with Crippen molar-refractivity contribution in [2.75, 3.05) is 55.3 Å². The number of amides is 2. The van der Waals surface area contributed by atoms with Crippen molar-refractivity contribution >= 4 is 39.0 Å². The molecule has 0 spiro atoms. The molecule has 0 radical (unpaired) electrons. The Morgan fingerprint density at radius 3 is 2.33 bits per heavy atom. The molecule has 11 nitrogen and oxygen atoms in total. The third-order valence-corrected chi connectivity index (χ3v) is 9.33. The smallest absolute Gasteiger partial charge is 0.258 e. The molecule has 14 heteroatoms. The minimum absolute atomic E-state index is 0.0577. The van der Waals surface area contributed by atoms with E-state index in [2.05, 4.69) is 37.7 Å². The summed E-state index contributed by atoms with van der Waals surface area (Å²) in [5.74, 6) is -2.97. The van der Waals surface area contributed by atoms with E-state index in [4.69, 9.17) is 0 Å². The molecule has 0 unspecified atom stereocenters. The second-order valence-electron chi connectivity index (χ2n) is 10.8. The molecule has 1 saturated heterocycles. The third-order valence-electron chi connectivity index (χ3n) is 7.50. The molecule has 3 heterocycles. The summed E-state index contributed by atoms with van der Waals surface area (Å²) in [6, 6.07) is 7.40. The van der Waals surface area contributed by atoms with Crippen molar-refractivity contribution in [3.05, 3.63) is 64.9 Å². The van der Waals surface area contributed by atoms with Crippen LogP contribution >= 0.6 is 0 Å². The topological polar surface area (TPSA) is 131 Å². The van der Waals surface area contributed by atoms with Gasteiger partial charge in [0.15, 0.2) is 5.82 Å². The van der Waals surface area contributed by atoms with Crippen LogP contribution in [0.3, 0.4) is 0 Å². The molecule has 3 N–H and O–H groups in total. The lowest BCUT2D eigenvalue weighted by Crippen LogP contribution is -2.44. The molecule has 2 aliphatic heterocycles. The maximum atomic E-state index is 13.8. The van der Waals surface area contributed by atoms with Gasteiger partial charge in [-0.3, -0.25) is 14.7 Å². The molecule has 1 aromatic heterocycles. The van der Waals surface area contributed by atoms with Crippen molar-refractivity contribution in [1.82, 2.24) is 19.4 Å². The second-order valence-corrected chi connectivity index (χ2v) is 12.8. The van der Waals surface area contributed by atoms with Gasteiger partial charge in [0.25, 0.3) is 5.91 Å². The zero-order valence-corrected chi connectivity index (χ0v) is 24.4. The first-order valence-corrected chi connectivity index (χ1v) is 15.1. The standard InChI is InChI=1S/C28H33F2N7O4S/c1-17(2)27(38)31-25-15-20(36-10-8-35(3)9-11-36)4-5-22(25)28(39)32-26-23-16-37(7-6-24(23)33-34-26)42(40,41)21-13-18(29)12-19(30)14-21/h4-5,12-15,17H,6-11,16H2,1-3H3,(H,31,38)(H2,32,33,34,39). The number of fused-ring (bicyclic) bond motifs is 1. The number of piperazine rings is 1. The van der Waals surface area contributed by atoms with Gasteiger partial charge in [-0.2, -0.15) is 9.40 Å². The van der Waals surface area contributed by atoms with Gasteiger partial charge in [-0.05, 0) is 37.4 Å². The Bertz CT molecular complexity index is 1600. The summed E-state index contributed by atoms with van der Waals surface area (Å²) in [7, 11) is -2.17. The largest absolute Gasteiger partial charge is 0.369 e. The number of aromatic amines is 1. The average Bonchev–Trinajstić information content (AvgIpc) is 3.34. The lowest BCUT2D eigenvalue weighted by Gasteiger charge is -2.34. The zero-order chi connectivity index (χ0) is 30.2. The molecular weight excluding hydrogens is 568 g/mol. The molecule has 0 atom stereocenters. The fourth-order valence-corrected chi connectivity index (χ4v) is 6.40. The van der Waals surface area contributed by atoms with Crippen molar-refractivity contribution in [3.8, 4) is 0 Å². The van der Waals surface area contributed by atoms with Crippen LogP contribution in [0.1, 0.15) is 35.5 Å². The van der Waals surface area contributed by atoms with E-state index < -0.39 is 32.5 Å². The van der Waals surface area contributed by atoms with Crippen LogP contribution in [0.4, 0.5) is 26.0 Å². The molecule has 42 heavy (non-hydrogen) atoms. The number of rotatable bonds is 7. The van der Waals surface area contributed by atoms with Crippen molar-refractivity contribution in [2.45, 2.75) is 31.7 Å². The van der Waals surface area contributed by atoms with Gasteiger partial charge in [0.1, 0.15) is 11.6 Å². The second kappa shape index (κ2) is 11.8. The van der Waals surface area contributed by atoms with Crippen molar-refractivity contribution < 1.29 is 26.8 Å². The van der Waals surface area contributed by atoms with Gasteiger partial charge < -0.3 is 20.4 Å². The number of benzene rings is 2. The molecule has 2 amide bonds. The van der Waals surface area contributed by atoms with Crippen molar-refractivity contribution in [2.24, 2.45) is 5.92 Å². The molecule has 0 bridgehead atoms. The van der Waals surface area contributed by atoms with E-state index >= 15 is 0 Å². The first kappa shape index (κ1) is 29.6. The average molecular weight is 602 g/mol. The quantitative estimate of drug-likeness (QED) is 0.380. The van der Waals surface area contributed by atoms with Gasteiger partial charge in [0, 0.05) is 74.6 Å². The summed E-state index contributed by atoms with van der Waals surface area (Å²) in [5.41, 5.74) is 2.53. The van der Waals surface area contributed by atoms with Crippen LogP contribution in [0.15, 0.2) is 41.3 Å². The van der Waals surface area contributed by atoms with E-state index in [1.165, 1.54) is 0 Å². The number of H-pyrrole nitrogens is 1. The first-order chi connectivity index (χ1) is 19.9. The molecule has 1 fully saturated rings. The highest BCUT2D eigenvalue weighted by Gasteiger charge is 2.32. The molecule has 224 valence electrons. The highest BCUT2D eigenvalue weighted by atomic mass is 32.2. The monoisotopic (exact) mass is 601 g/mol. The van der Waals surface area contributed by atoms with Crippen LogP contribution in [-0.2, 0) is 27.8 Å². The van der Waals surface area contributed by atoms with E-state index in [0.717, 1.165) is 48.3 Å². The Hall–Kier alpha value is -3.88. The lowest BCUT2D eigenvalue weighted by molar-refractivity contribution is -0.118. The lowest BCUT2D eigenvalue weighted by atomic mass is 10.1. The summed E-state index contributed by atoms with van der Waals surface area (Å²) < 4.78 is 55.0. The number of carbonyl (C=O) groups is 2. The number of nitrogens with one attached hydrogen (secondary N) is 3. The number of hydrogen-bond acceptors (Lipinski definition) is 7. The number of aromatic nitrogens is 2. The Kier molecular flexibility index (Phi) is 8.30. The van der Waals surface area contributed by atoms with Gasteiger partial charge in [-0.15, -0.1) is 0 Å². The number of anilines is 3. The molecule has 2 aliphatic rings. The minimum Gasteiger partial charge on any atom is -0.369 e. The normalized spacial score (nSPS) is 16.4. The summed E-state index contributed by atoms with van der Waals surface area (Å²) >= 11 is 0. The Labute approximate surface area is 242 Å². The van der Waals surface area contributed by atoms with E-state index in [0.29, 0.717) is 23.0 Å². The SMILES string of the molecule is CC(C)C(=O)Nc1cc(N2CCN(C)CC2)ccc1C(=O)Nc1n[nH]c2c1CN(S(=O)(=O)c1cc(F)cc(F)c1)CC2. The van der Waals surface area contributed by atoms with Crippen LogP contribution < -0.4 is 15.5 Å². The number of nitrogens with zero attached hydrogens (tertiary/aromatic N) is 4. The van der Waals surface area contributed by atoms with Crippen molar-refractivity contribution in [1.29, 1.82) is 0 Å². The number of likely N-dealkylation sites (N-methyl/N-ethyl adjacent to an activating group) is 1. The number of carbonyl (C=O) groups excluding carboxylic acids is 2. The highest BCUT2D eigenvalue weighted by Crippen LogP contribution is 2.31. The Balaban J connectivity index is 1.39. The molecule has 0 aliphatic carbocycles. The fraction of sp³-hybridized carbons (Fsp3) is 0.393. The number of halogens is 2. The molecular formula is C28H33F2N7O4S. The Morgan fingerprint density at radius 1 is 0.976 bits per heavy atom. The van der Waals surface area contributed by atoms with Crippen LogP contribution in [0.25, 0.3) is 0 Å². The van der Waals surface area contributed by atoms with Crippen LogP contribution in [-0.4, -0.2) is 79.4 Å². The summed E-state index contributed by atoms with van der Waals surface area (Å²) in [6.07, 6.45) is 0.255. The van der Waals surface area contributed by atoms with Crippen LogP contribution in [0.2, 0.25) is 0 Å². The minimum atomic E-state index is -4.23. The first-order valence-electron chi connectivity index (χ1n) is 13.6. The molecule has 0 saturated carbocycles. The predicted molar refractivity (Wildman–Crippen MR) is 154 cm³/mol. The van der Waals surface area contributed by atoms with E-state index in [9.17, 15) is 26.8 Å². The Morgan fingerprint density at radius 2 is 1.67 bits per heavy atom. The van der Waals surface area contributed by atoms with Gasteiger partial charge in [0.05, 0.1) is 16.1 Å². The van der Waals surface area contributed by atoms with Crippen LogP contribution in [0, 0.1) is 17.6 Å². The van der Waals surface area contributed by atoms with E-state index in [-0.39, 0.29) is 42.7 Å². The highest BCUT2D eigenvalue weighted by molar-refractivity contribution is 7.89. The molecule has 3 aromatic rings. The van der Waals surface area contributed by atoms with Gasteiger partial charge >= 0.3 is 0 Å². The summed E-state index contributed by atoms with van der Waals surface area (Å²) in [6.45, 7) is 6.80. The predicted octanol–water partition coefficient (Wildman–Crippen LogP) is 3.03. The summed E-state index contributed by atoms with van der Waals surface area (Å²) in [5, 5.41) is 12.7. The molecule has 2 aromatic carbocycles. The fourth-order valence-electron chi connectivity index (χ4n) is 4.95. The zero-order valence-electron chi connectivity index (χ0n) is 23.6. The van der Waals surface area contributed by atoms with Gasteiger partial charge in [-0.1, -0.05) is 13.8 Å². The molecule has 5 rings (SSSR count). The van der Waals surface area contributed by atoms with Crippen molar-refractivity contribution in [3.63, 3.8) is 0 Å². The van der Waals surface area contributed by atoms with E-state index in [1.54, 1.807) is 26.0 Å². The number of sulfonamides is 1. The summed E-state index contributed by atoms with van der Waals surface area (Å²) in [4.78, 5) is 30.1. The maximum absolute atomic E-state index is 13.8.